The molecule has 3 aromatic rings. The third-order valence-corrected chi connectivity index (χ3v) is 7.89. The fraction of sp³-hybridized carbons (Fsp3) is 0.323. The second kappa shape index (κ2) is 16.9. The predicted octanol–water partition coefficient (Wildman–Crippen LogP) is 4.47. The van der Waals surface area contributed by atoms with Gasteiger partial charge in [-0.05, 0) is 54.5 Å². The van der Waals surface area contributed by atoms with E-state index in [0.717, 1.165) is 16.7 Å². The second-order valence-electron chi connectivity index (χ2n) is 9.69. The summed E-state index contributed by atoms with van der Waals surface area (Å²) in [6.45, 7) is 0.583. The summed E-state index contributed by atoms with van der Waals surface area (Å²) in [7, 11) is -4.03. The fourth-order valence-electron chi connectivity index (χ4n) is 4.14. The van der Waals surface area contributed by atoms with Gasteiger partial charge in [-0.2, -0.15) is 4.72 Å². The van der Waals surface area contributed by atoms with Gasteiger partial charge in [0.15, 0.2) is 0 Å². The number of hydrogen-bond donors (Lipinski definition) is 4. The molecule has 11 heteroatoms. The van der Waals surface area contributed by atoms with Crippen molar-refractivity contribution in [2.24, 2.45) is 0 Å². The van der Waals surface area contributed by atoms with Crippen LogP contribution in [-0.4, -0.2) is 50.6 Å². The average Bonchev–Trinajstić information content (AvgIpc) is 3.00. The quantitative estimate of drug-likeness (QED) is 0.168. The minimum atomic E-state index is -4.03. The number of benzene rings is 3. The van der Waals surface area contributed by atoms with Gasteiger partial charge in [0.2, 0.25) is 15.9 Å². The highest BCUT2D eigenvalue weighted by molar-refractivity contribution is 7.89. The molecule has 3 aromatic carbocycles. The largest absolute Gasteiger partial charge is 0.481 e. The van der Waals surface area contributed by atoms with Crippen LogP contribution in [0.15, 0.2) is 89.8 Å². The molecule has 0 heterocycles. The van der Waals surface area contributed by atoms with E-state index in [2.05, 4.69) is 15.4 Å². The molecule has 10 nitrogen and oxygen atoms in total. The maximum atomic E-state index is 13.2. The predicted molar refractivity (Wildman–Crippen MR) is 159 cm³/mol. The number of ether oxygens (including phenoxy) is 1. The van der Waals surface area contributed by atoms with E-state index in [4.69, 9.17) is 9.84 Å². The zero-order chi connectivity index (χ0) is 30.2. The summed E-state index contributed by atoms with van der Waals surface area (Å²) in [5.41, 5.74) is 2.65. The van der Waals surface area contributed by atoms with Gasteiger partial charge in [0.1, 0.15) is 12.6 Å². The second-order valence-corrected chi connectivity index (χ2v) is 11.4. The number of alkyl carbamates (subject to hydrolysis) is 1. The van der Waals surface area contributed by atoms with Crippen LogP contribution in [0.5, 0.6) is 0 Å². The Balaban J connectivity index is 1.56. The molecule has 4 N–H and O–H groups in total. The number of unbranched alkanes of at least 4 members (excludes halogenated alkanes) is 2. The van der Waals surface area contributed by atoms with Crippen LogP contribution in [0.4, 0.5) is 4.79 Å². The minimum Gasteiger partial charge on any atom is -0.481 e. The Bertz CT molecular complexity index is 1380. The van der Waals surface area contributed by atoms with E-state index in [1.807, 2.05) is 60.7 Å². The molecule has 0 spiro atoms. The van der Waals surface area contributed by atoms with Crippen LogP contribution < -0.4 is 15.4 Å². The molecule has 0 fully saturated rings. The minimum absolute atomic E-state index is 0.0243. The summed E-state index contributed by atoms with van der Waals surface area (Å²) >= 11 is 0. The van der Waals surface area contributed by atoms with E-state index in [0.29, 0.717) is 25.7 Å². The van der Waals surface area contributed by atoms with Crippen molar-refractivity contribution in [2.75, 3.05) is 13.1 Å². The normalized spacial score (nSPS) is 11.8. The molecule has 0 aliphatic carbocycles. The van der Waals surface area contributed by atoms with Crippen molar-refractivity contribution in [3.63, 3.8) is 0 Å². The molecular formula is C31H37N3O7S. The van der Waals surface area contributed by atoms with E-state index in [1.165, 1.54) is 12.1 Å². The highest BCUT2D eigenvalue weighted by atomic mass is 32.2. The number of hydrogen-bond acceptors (Lipinski definition) is 6. The van der Waals surface area contributed by atoms with Crippen molar-refractivity contribution in [3.8, 4) is 11.1 Å². The van der Waals surface area contributed by atoms with E-state index >= 15 is 0 Å². The standard InChI is InChI=1S/C31H37N3O7S/c35-29(36)16-8-3-9-21-32-30(37)28(15-10-22-33-31(38)41-23-24-11-4-1-5-12-24)34-42(39,40)27-19-17-26(18-20-27)25-13-6-2-7-14-25/h1-2,4-7,11-14,17-20,28,34H,3,8-10,15-16,21-23H2,(H,32,37)(H,33,38)(H,35,36)/t28-/m0/s1. The number of rotatable bonds is 17. The average molecular weight is 596 g/mol. The molecular weight excluding hydrogens is 558 g/mol. The van der Waals surface area contributed by atoms with Crippen molar-refractivity contribution in [1.82, 2.24) is 15.4 Å². The molecule has 0 bridgehead atoms. The molecule has 0 aliphatic heterocycles. The topological polar surface area (TPSA) is 151 Å². The van der Waals surface area contributed by atoms with Crippen LogP contribution in [0.2, 0.25) is 0 Å². The third-order valence-electron chi connectivity index (χ3n) is 6.40. The van der Waals surface area contributed by atoms with E-state index < -0.39 is 34.0 Å². The molecule has 2 amide bonds. The molecule has 0 aliphatic rings. The maximum Gasteiger partial charge on any atom is 0.407 e. The Kier molecular flexibility index (Phi) is 13.0. The fourth-order valence-corrected chi connectivity index (χ4v) is 5.37. The van der Waals surface area contributed by atoms with Gasteiger partial charge in [0.05, 0.1) is 4.90 Å². The number of aliphatic carboxylic acids is 1. The number of carbonyl (C=O) groups is 3. The van der Waals surface area contributed by atoms with Gasteiger partial charge >= 0.3 is 12.1 Å². The monoisotopic (exact) mass is 595 g/mol. The van der Waals surface area contributed by atoms with Gasteiger partial charge in [0.25, 0.3) is 0 Å². The smallest absolute Gasteiger partial charge is 0.407 e. The van der Waals surface area contributed by atoms with Gasteiger partial charge in [-0.15, -0.1) is 0 Å². The molecule has 224 valence electrons. The molecule has 0 unspecified atom stereocenters. The lowest BCUT2D eigenvalue weighted by Gasteiger charge is -2.19. The van der Waals surface area contributed by atoms with E-state index in [-0.39, 0.29) is 37.4 Å². The van der Waals surface area contributed by atoms with E-state index in [1.54, 1.807) is 12.1 Å². The van der Waals surface area contributed by atoms with Gasteiger partial charge in [-0.3, -0.25) is 9.59 Å². The van der Waals surface area contributed by atoms with Crippen molar-refractivity contribution < 1.29 is 32.6 Å². The first-order valence-corrected chi connectivity index (χ1v) is 15.3. The first-order chi connectivity index (χ1) is 20.2. The van der Waals surface area contributed by atoms with Gasteiger partial charge < -0.3 is 20.5 Å². The Hall–Kier alpha value is -4.22. The first-order valence-electron chi connectivity index (χ1n) is 13.9. The molecule has 1 atom stereocenters. The lowest BCUT2D eigenvalue weighted by Crippen LogP contribution is -2.47. The summed E-state index contributed by atoms with van der Waals surface area (Å²) in [4.78, 5) is 35.7. The number of carbonyl (C=O) groups excluding carboxylic acids is 2. The van der Waals surface area contributed by atoms with Crippen LogP contribution in [0, 0.1) is 0 Å². The Morgan fingerprint density at radius 2 is 1.36 bits per heavy atom. The summed E-state index contributed by atoms with van der Waals surface area (Å²) in [6, 6.07) is 24.1. The highest BCUT2D eigenvalue weighted by Gasteiger charge is 2.25. The molecule has 0 saturated heterocycles. The first kappa shape index (κ1) is 32.3. The molecule has 3 rings (SSSR count). The van der Waals surface area contributed by atoms with Crippen LogP contribution in [-0.2, 0) is 31.0 Å². The molecule has 0 aromatic heterocycles. The SMILES string of the molecule is O=C(O)CCCCCNC(=O)[C@H](CCCNC(=O)OCc1ccccc1)NS(=O)(=O)c1ccc(-c2ccccc2)cc1. The Morgan fingerprint density at radius 1 is 0.738 bits per heavy atom. The third kappa shape index (κ3) is 11.3. The number of carboxylic acids is 1. The van der Waals surface area contributed by atoms with Gasteiger partial charge in [-0.1, -0.05) is 79.2 Å². The van der Waals surface area contributed by atoms with Crippen molar-refractivity contribution >= 4 is 28.0 Å². The van der Waals surface area contributed by atoms with Crippen molar-refractivity contribution in [2.45, 2.75) is 56.1 Å². The van der Waals surface area contributed by atoms with Crippen LogP contribution >= 0.6 is 0 Å². The van der Waals surface area contributed by atoms with E-state index in [9.17, 15) is 22.8 Å². The van der Waals surface area contributed by atoms with Gasteiger partial charge in [-0.25, -0.2) is 13.2 Å². The van der Waals surface area contributed by atoms with Crippen molar-refractivity contribution in [3.05, 3.63) is 90.5 Å². The lowest BCUT2D eigenvalue weighted by atomic mass is 10.1. The summed E-state index contributed by atoms with van der Waals surface area (Å²) in [6.07, 6.45) is 1.56. The Labute approximate surface area is 246 Å². The molecule has 0 radical (unpaired) electrons. The van der Waals surface area contributed by atoms with Crippen molar-refractivity contribution in [1.29, 1.82) is 0 Å². The zero-order valence-electron chi connectivity index (χ0n) is 23.3. The maximum absolute atomic E-state index is 13.2. The lowest BCUT2D eigenvalue weighted by molar-refractivity contribution is -0.137. The highest BCUT2D eigenvalue weighted by Crippen LogP contribution is 2.21. The number of carboxylic acid groups (broad SMARTS) is 1. The molecule has 0 saturated carbocycles. The number of amides is 2. The molecule has 42 heavy (non-hydrogen) atoms. The van der Waals surface area contributed by atoms with Crippen LogP contribution in [0.1, 0.15) is 44.1 Å². The summed E-state index contributed by atoms with van der Waals surface area (Å²) in [5, 5.41) is 14.1. The number of nitrogens with one attached hydrogen (secondary N) is 3. The Morgan fingerprint density at radius 3 is 2.02 bits per heavy atom. The summed E-state index contributed by atoms with van der Waals surface area (Å²) < 4.78 is 34.1. The van der Waals surface area contributed by atoms with Crippen LogP contribution in [0.3, 0.4) is 0 Å². The van der Waals surface area contributed by atoms with Gasteiger partial charge in [0, 0.05) is 19.5 Å². The van der Waals surface area contributed by atoms with Crippen LogP contribution in [0.25, 0.3) is 11.1 Å². The summed E-state index contributed by atoms with van der Waals surface area (Å²) in [5.74, 6) is -1.37. The number of sulfonamides is 1. The zero-order valence-corrected chi connectivity index (χ0v) is 24.1.